The molecule has 1 aromatic rings. The van der Waals surface area contributed by atoms with E-state index in [0.29, 0.717) is 30.1 Å². The maximum Gasteiger partial charge on any atom is 0.237 e. The van der Waals surface area contributed by atoms with E-state index in [1.165, 1.54) is 6.20 Å². The van der Waals surface area contributed by atoms with Crippen LogP contribution < -0.4 is 10.1 Å². The van der Waals surface area contributed by atoms with Gasteiger partial charge in [-0.05, 0) is 6.42 Å². The molecule has 0 aliphatic carbocycles. The van der Waals surface area contributed by atoms with Gasteiger partial charge in [0, 0.05) is 13.7 Å². The second kappa shape index (κ2) is 7.24. The topological polar surface area (TPSA) is 56.3 Å². The summed E-state index contributed by atoms with van der Waals surface area (Å²) in [5, 5.41) is 3.46. The van der Waals surface area contributed by atoms with Crippen LogP contribution in [0.1, 0.15) is 13.3 Å². The Bertz CT molecular complexity index is 323. The Kier molecular flexibility index (Phi) is 5.88. The zero-order valence-corrected chi connectivity index (χ0v) is 10.3. The lowest BCUT2D eigenvalue weighted by Crippen LogP contribution is -2.09. The summed E-state index contributed by atoms with van der Waals surface area (Å²) in [7, 11) is 1.61. The lowest BCUT2D eigenvalue weighted by Gasteiger charge is -2.08. The zero-order chi connectivity index (χ0) is 11.8. The predicted octanol–water partition coefficient (Wildman–Crippen LogP) is 1.98. The van der Waals surface area contributed by atoms with Crippen LogP contribution in [-0.4, -0.2) is 36.8 Å². The van der Waals surface area contributed by atoms with Crippen LogP contribution in [0, 0.1) is 0 Å². The minimum absolute atomic E-state index is 0.382. The molecule has 0 aliphatic heterocycles. The van der Waals surface area contributed by atoms with Gasteiger partial charge in [0.05, 0.1) is 12.8 Å². The Balaban J connectivity index is 2.59. The molecule has 1 heterocycles. The summed E-state index contributed by atoms with van der Waals surface area (Å²) < 4.78 is 10.2. The van der Waals surface area contributed by atoms with Crippen LogP contribution in [0.4, 0.5) is 5.95 Å². The van der Waals surface area contributed by atoms with Crippen LogP contribution in [0.5, 0.6) is 5.88 Å². The van der Waals surface area contributed by atoms with Gasteiger partial charge in [-0.1, -0.05) is 18.5 Å². The van der Waals surface area contributed by atoms with E-state index in [2.05, 4.69) is 22.2 Å². The number of methoxy groups -OCH3 is 1. The lowest BCUT2D eigenvalue weighted by molar-refractivity contribution is 0.144. The number of rotatable bonds is 7. The highest BCUT2D eigenvalue weighted by Crippen LogP contribution is 2.21. The SMILES string of the molecule is CCCNc1ncc(Cl)c(OCCOC)n1. The Morgan fingerprint density at radius 2 is 2.25 bits per heavy atom. The van der Waals surface area contributed by atoms with Gasteiger partial charge in [-0.3, -0.25) is 0 Å². The first-order chi connectivity index (χ1) is 7.77. The molecule has 6 heteroatoms. The third-order valence-corrected chi connectivity index (χ3v) is 2.03. The molecule has 0 amide bonds. The smallest absolute Gasteiger partial charge is 0.237 e. The largest absolute Gasteiger partial charge is 0.474 e. The molecule has 0 aliphatic rings. The third-order valence-electron chi connectivity index (χ3n) is 1.77. The number of ether oxygens (including phenoxy) is 2. The molecule has 0 aromatic carbocycles. The zero-order valence-electron chi connectivity index (χ0n) is 9.49. The highest BCUT2D eigenvalue weighted by Gasteiger charge is 2.05. The second-order valence-electron chi connectivity index (χ2n) is 3.11. The summed E-state index contributed by atoms with van der Waals surface area (Å²) in [6.45, 7) is 3.80. The second-order valence-corrected chi connectivity index (χ2v) is 3.52. The number of halogens is 1. The first-order valence-electron chi connectivity index (χ1n) is 5.16. The van der Waals surface area contributed by atoms with E-state index in [0.717, 1.165) is 13.0 Å². The van der Waals surface area contributed by atoms with Crippen molar-refractivity contribution in [3.05, 3.63) is 11.2 Å². The molecule has 1 aromatic heterocycles. The fraction of sp³-hybridized carbons (Fsp3) is 0.600. The van der Waals surface area contributed by atoms with E-state index >= 15 is 0 Å². The quantitative estimate of drug-likeness (QED) is 0.745. The van der Waals surface area contributed by atoms with Crippen LogP contribution in [-0.2, 0) is 4.74 Å². The molecule has 0 bridgehead atoms. The molecule has 5 nitrogen and oxygen atoms in total. The average Bonchev–Trinajstić information content (AvgIpc) is 2.30. The maximum absolute atomic E-state index is 5.89. The first-order valence-corrected chi connectivity index (χ1v) is 5.54. The molecule has 0 saturated carbocycles. The van der Waals surface area contributed by atoms with Crippen molar-refractivity contribution in [2.75, 3.05) is 32.2 Å². The summed E-state index contributed by atoms with van der Waals surface area (Å²) in [6.07, 6.45) is 2.53. The molecule has 0 atom stereocenters. The van der Waals surface area contributed by atoms with E-state index in [9.17, 15) is 0 Å². The van der Waals surface area contributed by atoms with Gasteiger partial charge in [-0.25, -0.2) is 4.98 Å². The van der Waals surface area contributed by atoms with E-state index < -0.39 is 0 Å². The van der Waals surface area contributed by atoms with Crippen molar-refractivity contribution in [3.8, 4) is 5.88 Å². The molecular formula is C10H16ClN3O2. The maximum atomic E-state index is 5.89. The molecule has 1 N–H and O–H groups in total. The van der Waals surface area contributed by atoms with Crippen LogP contribution in [0.3, 0.4) is 0 Å². The lowest BCUT2D eigenvalue weighted by atomic mass is 10.5. The van der Waals surface area contributed by atoms with Crippen molar-refractivity contribution in [2.24, 2.45) is 0 Å². The Morgan fingerprint density at radius 3 is 2.94 bits per heavy atom. The van der Waals surface area contributed by atoms with Crippen molar-refractivity contribution < 1.29 is 9.47 Å². The van der Waals surface area contributed by atoms with Crippen LogP contribution in [0.15, 0.2) is 6.20 Å². The van der Waals surface area contributed by atoms with Crippen LogP contribution in [0.2, 0.25) is 5.02 Å². The number of hydrogen-bond donors (Lipinski definition) is 1. The van der Waals surface area contributed by atoms with Gasteiger partial charge in [0.25, 0.3) is 0 Å². The van der Waals surface area contributed by atoms with Crippen molar-refractivity contribution in [2.45, 2.75) is 13.3 Å². The third kappa shape index (κ3) is 4.20. The van der Waals surface area contributed by atoms with Gasteiger partial charge < -0.3 is 14.8 Å². The highest BCUT2D eigenvalue weighted by atomic mass is 35.5. The predicted molar refractivity (Wildman–Crippen MR) is 63.2 cm³/mol. The molecule has 0 spiro atoms. The fourth-order valence-electron chi connectivity index (χ4n) is 0.996. The molecule has 0 unspecified atom stereocenters. The normalized spacial score (nSPS) is 10.2. The minimum atomic E-state index is 0.382. The number of aromatic nitrogens is 2. The summed E-state index contributed by atoms with van der Waals surface area (Å²) in [6, 6.07) is 0. The number of hydrogen-bond acceptors (Lipinski definition) is 5. The number of anilines is 1. The van der Waals surface area contributed by atoms with Gasteiger partial charge in [0.15, 0.2) is 0 Å². The molecule has 90 valence electrons. The van der Waals surface area contributed by atoms with Crippen molar-refractivity contribution >= 4 is 17.5 Å². The standard InChI is InChI=1S/C10H16ClN3O2/c1-3-4-12-10-13-7-8(11)9(14-10)16-6-5-15-2/h7H,3-6H2,1-2H3,(H,12,13,14). The average molecular weight is 246 g/mol. The Hall–Kier alpha value is -1.07. The molecule has 0 saturated heterocycles. The van der Waals surface area contributed by atoms with E-state index in [1.54, 1.807) is 7.11 Å². The first kappa shape index (κ1) is 13.0. The molecule has 1 rings (SSSR count). The van der Waals surface area contributed by atoms with Crippen LogP contribution >= 0.6 is 11.6 Å². The molecule has 0 fully saturated rings. The number of nitrogens with zero attached hydrogens (tertiary/aromatic N) is 2. The number of nitrogens with one attached hydrogen (secondary N) is 1. The minimum Gasteiger partial charge on any atom is -0.474 e. The summed E-state index contributed by atoms with van der Waals surface area (Å²) in [5.41, 5.74) is 0. The Morgan fingerprint density at radius 1 is 1.44 bits per heavy atom. The van der Waals surface area contributed by atoms with Gasteiger partial charge in [-0.2, -0.15) is 4.98 Å². The summed E-state index contributed by atoms with van der Waals surface area (Å²) >= 11 is 5.89. The van der Waals surface area contributed by atoms with E-state index in [-0.39, 0.29) is 0 Å². The summed E-state index contributed by atoms with van der Waals surface area (Å²) in [4.78, 5) is 8.19. The highest BCUT2D eigenvalue weighted by molar-refractivity contribution is 6.31. The van der Waals surface area contributed by atoms with E-state index in [1.807, 2.05) is 0 Å². The molecular weight excluding hydrogens is 230 g/mol. The monoisotopic (exact) mass is 245 g/mol. The fourth-order valence-corrected chi connectivity index (χ4v) is 1.14. The van der Waals surface area contributed by atoms with Crippen molar-refractivity contribution in [1.82, 2.24) is 9.97 Å². The van der Waals surface area contributed by atoms with Gasteiger partial charge in [-0.15, -0.1) is 0 Å². The van der Waals surface area contributed by atoms with Gasteiger partial charge in [0.2, 0.25) is 11.8 Å². The Labute approximate surface area is 100 Å². The molecule has 0 radical (unpaired) electrons. The van der Waals surface area contributed by atoms with Gasteiger partial charge in [0.1, 0.15) is 11.6 Å². The summed E-state index contributed by atoms with van der Waals surface area (Å²) in [5.74, 6) is 0.908. The molecule has 16 heavy (non-hydrogen) atoms. The van der Waals surface area contributed by atoms with Crippen molar-refractivity contribution in [3.63, 3.8) is 0 Å². The van der Waals surface area contributed by atoms with Gasteiger partial charge >= 0.3 is 0 Å². The van der Waals surface area contributed by atoms with Crippen LogP contribution in [0.25, 0.3) is 0 Å². The van der Waals surface area contributed by atoms with Crippen molar-refractivity contribution in [1.29, 1.82) is 0 Å². The van der Waals surface area contributed by atoms with E-state index in [4.69, 9.17) is 21.1 Å².